The number of piperidine rings is 1. The minimum Gasteiger partial charge on any atom is -0.445 e. The van der Waals surface area contributed by atoms with Crippen molar-refractivity contribution in [3.05, 3.63) is 29.2 Å². The first-order valence-corrected chi connectivity index (χ1v) is 7.63. The van der Waals surface area contributed by atoms with Crippen LogP contribution in [0.1, 0.15) is 23.3 Å². The van der Waals surface area contributed by atoms with Crippen molar-refractivity contribution in [2.45, 2.75) is 18.9 Å². The molecule has 6 heteroatoms. The Labute approximate surface area is 127 Å². The maximum absolute atomic E-state index is 12.3. The van der Waals surface area contributed by atoms with E-state index >= 15 is 0 Å². The van der Waals surface area contributed by atoms with Gasteiger partial charge in [0.25, 0.3) is 5.91 Å². The van der Waals surface area contributed by atoms with Gasteiger partial charge in [-0.25, -0.2) is 0 Å². The van der Waals surface area contributed by atoms with Crippen LogP contribution in [0.3, 0.4) is 0 Å². The molecule has 0 radical (unpaired) electrons. The summed E-state index contributed by atoms with van der Waals surface area (Å²) in [5.74, 6) is 0.584. The zero-order valence-electron chi connectivity index (χ0n) is 11.5. The molecule has 0 aromatic carbocycles. The van der Waals surface area contributed by atoms with E-state index < -0.39 is 0 Å². The van der Waals surface area contributed by atoms with Crippen LogP contribution in [-0.2, 0) is 0 Å². The van der Waals surface area contributed by atoms with E-state index in [4.69, 9.17) is 16.0 Å². The number of nitrogens with zero attached hydrogens (tertiary/aromatic N) is 2. The molecule has 2 fully saturated rings. The van der Waals surface area contributed by atoms with Crippen LogP contribution in [0.4, 0.5) is 0 Å². The molecule has 5 nitrogen and oxygen atoms in total. The van der Waals surface area contributed by atoms with E-state index in [1.165, 1.54) is 13.0 Å². The highest BCUT2D eigenvalue weighted by Gasteiger charge is 2.33. The van der Waals surface area contributed by atoms with Crippen LogP contribution in [0.25, 0.3) is 11.0 Å². The number of aromatic nitrogens is 1. The van der Waals surface area contributed by atoms with Gasteiger partial charge in [0, 0.05) is 42.8 Å². The highest BCUT2D eigenvalue weighted by Crippen LogP contribution is 2.27. The number of carbonyl (C=O) groups is 1. The van der Waals surface area contributed by atoms with E-state index in [0.717, 1.165) is 30.8 Å². The van der Waals surface area contributed by atoms with Crippen molar-refractivity contribution in [1.29, 1.82) is 0 Å². The molecule has 2 aromatic heterocycles. The molecule has 2 aliphatic heterocycles. The standard InChI is InChI=1S/C15H16ClN3O2/c16-14-4-10-6-17-12(5-13(10)21-14)15(20)18-11-3-9-1-2-19(7-9)8-11/h4-6,9,11H,1-3,7-8H2,(H,18,20)/t9-,11+/m0/s1. The Hall–Kier alpha value is -1.59. The predicted molar refractivity (Wildman–Crippen MR) is 79.4 cm³/mol. The third-order valence-corrected chi connectivity index (χ3v) is 4.59. The van der Waals surface area contributed by atoms with Gasteiger partial charge in [-0.1, -0.05) is 0 Å². The van der Waals surface area contributed by atoms with Gasteiger partial charge in [0.2, 0.25) is 0 Å². The Morgan fingerprint density at radius 3 is 3.19 bits per heavy atom. The van der Waals surface area contributed by atoms with Crippen LogP contribution in [0.5, 0.6) is 0 Å². The molecular formula is C15H16ClN3O2. The van der Waals surface area contributed by atoms with Crippen molar-refractivity contribution in [1.82, 2.24) is 15.2 Å². The van der Waals surface area contributed by atoms with Crippen LogP contribution in [0.15, 0.2) is 22.7 Å². The Balaban J connectivity index is 1.50. The molecule has 4 heterocycles. The third-order valence-electron chi connectivity index (χ3n) is 4.41. The molecule has 110 valence electrons. The Kier molecular flexibility index (Phi) is 3.12. The van der Waals surface area contributed by atoms with Gasteiger partial charge in [-0.15, -0.1) is 0 Å². The van der Waals surface area contributed by atoms with E-state index in [-0.39, 0.29) is 11.9 Å². The molecule has 1 N–H and O–H groups in total. The van der Waals surface area contributed by atoms with Crippen molar-refractivity contribution in [3.8, 4) is 0 Å². The number of halogens is 1. The summed E-state index contributed by atoms with van der Waals surface area (Å²) in [4.78, 5) is 18.9. The summed E-state index contributed by atoms with van der Waals surface area (Å²) in [5.41, 5.74) is 0.967. The molecule has 2 saturated heterocycles. The quantitative estimate of drug-likeness (QED) is 0.925. The molecule has 0 aliphatic carbocycles. The van der Waals surface area contributed by atoms with E-state index in [0.29, 0.717) is 16.5 Å². The zero-order valence-corrected chi connectivity index (χ0v) is 12.3. The average Bonchev–Trinajstić information content (AvgIpc) is 2.99. The zero-order chi connectivity index (χ0) is 14.4. The fourth-order valence-electron chi connectivity index (χ4n) is 3.45. The lowest BCUT2D eigenvalue weighted by Crippen LogP contribution is -2.47. The lowest BCUT2D eigenvalue weighted by molar-refractivity contribution is 0.0904. The van der Waals surface area contributed by atoms with E-state index in [9.17, 15) is 4.79 Å². The molecule has 2 aromatic rings. The maximum atomic E-state index is 12.3. The number of hydrogen-bond acceptors (Lipinski definition) is 4. The molecule has 4 rings (SSSR count). The van der Waals surface area contributed by atoms with Crippen LogP contribution in [0.2, 0.25) is 5.22 Å². The summed E-state index contributed by atoms with van der Waals surface area (Å²) < 4.78 is 5.33. The second-order valence-electron chi connectivity index (χ2n) is 5.98. The average molecular weight is 306 g/mol. The first kappa shape index (κ1) is 13.1. The monoisotopic (exact) mass is 305 g/mol. The number of hydrogen-bond donors (Lipinski definition) is 1. The first-order chi connectivity index (χ1) is 10.2. The van der Waals surface area contributed by atoms with Gasteiger partial charge in [-0.3, -0.25) is 9.78 Å². The Bertz CT molecular complexity index is 687. The fraction of sp³-hybridized carbons (Fsp3) is 0.467. The van der Waals surface area contributed by atoms with Crippen LogP contribution in [-0.4, -0.2) is 41.5 Å². The smallest absolute Gasteiger partial charge is 0.270 e. The molecule has 1 unspecified atom stereocenters. The summed E-state index contributed by atoms with van der Waals surface area (Å²) in [6, 6.07) is 3.56. The lowest BCUT2D eigenvalue weighted by atomic mass is 9.97. The number of fused-ring (bicyclic) bond motifs is 3. The van der Waals surface area contributed by atoms with E-state index in [1.54, 1.807) is 18.3 Å². The maximum Gasteiger partial charge on any atom is 0.270 e. The lowest BCUT2D eigenvalue weighted by Gasteiger charge is -2.30. The van der Waals surface area contributed by atoms with E-state index in [1.807, 2.05) is 0 Å². The second-order valence-corrected chi connectivity index (χ2v) is 6.35. The largest absolute Gasteiger partial charge is 0.445 e. The topological polar surface area (TPSA) is 58.4 Å². The SMILES string of the molecule is O=C(N[C@@H]1C[C@@H]2CCN(C2)C1)c1cc2oc(Cl)cc2cn1. The number of nitrogens with one attached hydrogen (secondary N) is 1. The van der Waals surface area contributed by atoms with Gasteiger partial charge >= 0.3 is 0 Å². The van der Waals surface area contributed by atoms with Gasteiger partial charge < -0.3 is 14.6 Å². The van der Waals surface area contributed by atoms with Gasteiger partial charge in [-0.05, 0) is 36.9 Å². The third kappa shape index (κ3) is 2.51. The van der Waals surface area contributed by atoms with Crippen LogP contribution >= 0.6 is 11.6 Å². The number of furan rings is 1. The molecular weight excluding hydrogens is 290 g/mol. The number of pyridine rings is 1. The first-order valence-electron chi connectivity index (χ1n) is 7.26. The molecule has 2 aliphatic rings. The van der Waals surface area contributed by atoms with Gasteiger partial charge in [-0.2, -0.15) is 0 Å². The molecule has 21 heavy (non-hydrogen) atoms. The normalized spacial score (nSPS) is 28.0. The van der Waals surface area contributed by atoms with Crippen molar-refractivity contribution in [2.75, 3.05) is 19.6 Å². The van der Waals surface area contributed by atoms with Gasteiger partial charge in [0.1, 0.15) is 11.3 Å². The van der Waals surface area contributed by atoms with Crippen LogP contribution < -0.4 is 5.32 Å². The molecule has 0 spiro atoms. The van der Waals surface area contributed by atoms with Gasteiger partial charge in [0.05, 0.1) is 0 Å². The van der Waals surface area contributed by atoms with Crippen LogP contribution in [0, 0.1) is 5.92 Å². The van der Waals surface area contributed by atoms with Crippen molar-refractivity contribution < 1.29 is 9.21 Å². The number of carbonyl (C=O) groups excluding carboxylic acids is 1. The summed E-state index contributed by atoms with van der Waals surface area (Å²) in [6.07, 6.45) is 3.94. The predicted octanol–water partition coefficient (Wildman–Crippen LogP) is 2.31. The summed E-state index contributed by atoms with van der Waals surface area (Å²) in [5, 5.41) is 4.20. The fourth-order valence-corrected chi connectivity index (χ4v) is 3.65. The number of rotatable bonds is 2. The summed E-state index contributed by atoms with van der Waals surface area (Å²) in [6.45, 7) is 3.28. The molecule has 3 atom stereocenters. The molecule has 1 amide bonds. The second kappa shape index (κ2) is 5.00. The van der Waals surface area contributed by atoms with Crippen molar-refractivity contribution in [3.63, 3.8) is 0 Å². The van der Waals surface area contributed by atoms with Gasteiger partial charge in [0.15, 0.2) is 5.22 Å². The molecule has 0 saturated carbocycles. The van der Waals surface area contributed by atoms with E-state index in [2.05, 4.69) is 15.2 Å². The summed E-state index contributed by atoms with van der Waals surface area (Å²) >= 11 is 5.81. The Morgan fingerprint density at radius 2 is 2.33 bits per heavy atom. The number of amides is 1. The van der Waals surface area contributed by atoms with Crippen molar-refractivity contribution >= 4 is 28.5 Å². The minimum atomic E-state index is -0.142. The van der Waals surface area contributed by atoms with Crippen molar-refractivity contribution in [2.24, 2.45) is 5.92 Å². The summed E-state index contributed by atoms with van der Waals surface area (Å²) in [7, 11) is 0. The minimum absolute atomic E-state index is 0.142. The highest BCUT2D eigenvalue weighted by molar-refractivity contribution is 6.29. The highest BCUT2D eigenvalue weighted by atomic mass is 35.5. The Morgan fingerprint density at radius 1 is 1.43 bits per heavy atom. The molecule has 2 bridgehead atoms.